The van der Waals surface area contributed by atoms with Crippen molar-refractivity contribution >= 4 is 5.97 Å². The zero-order valence-corrected chi connectivity index (χ0v) is 9.19. The van der Waals surface area contributed by atoms with Gasteiger partial charge in [0.2, 0.25) is 0 Å². The average Bonchev–Trinajstić information content (AvgIpc) is 2.60. The molecule has 84 valence electrons. The largest absolute Gasteiger partial charge is 0.464 e. The molecule has 0 aliphatic heterocycles. The molecule has 0 aromatic carbocycles. The van der Waals surface area contributed by atoms with E-state index in [0.717, 1.165) is 5.56 Å². The van der Waals surface area contributed by atoms with Crippen molar-refractivity contribution in [2.24, 2.45) is 12.9 Å². The molecule has 1 heterocycles. The number of esters is 1. The molecule has 0 saturated heterocycles. The van der Waals surface area contributed by atoms with Crippen LogP contribution in [0.15, 0.2) is 12.3 Å². The molecule has 0 fully saturated rings. The van der Waals surface area contributed by atoms with E-state index >= 15 is 0 Å². The van der Waals surface area contributed by atoms with Gasteiger partial charge in [-0.3, -0.25) is 0 Å². The number of hydrogen-bond donors (Lipinski definition) is 1. The van der Waals surface area contributed by atoms with Crippen LogP contribution in [-0.2, 0) is 16.6 Å². The summed E-state index contributed by atoms with van der Waals surface area (Å²) in [6.07, 6.45) is 1.87. The molecule has 0 radical (unpaired) electrons. The van der Waals surface area contributed by atoms with Crippen LogP contribution in [0.3, 0.4) is 0 Å². The summed E-state index contributed by atoms with van der Waals surface area (Å²) in [6, 6.07) is 1.79. The second kappa shape index (κ2) is 4.95. The Balaban J connectivity index is 2.90. The fourth-order valence-corrected chi connectivity index (χ4v) is 1.41. The summed E-state index contributed by atoms with van der Waals surface area (Å²) in [5.74, 6) is 4.81. The zero-order valence-electron chi connectivity index (χ0n) is 9.19. The lowest BCUT2D eigenvalue weighted by Crippen LogP contribution is -2.07. The first-order valence-corrected chi connectivity index (χ1v) is 4.66. The molecule has 2 N–H and O–H groups in total. The van der Waals surface area contributed by atoms with Crippen molar-refractivity contribution < 1.29 is 14.4 Å². The number of nitrogens with zero attached hydrogens (tertiary/aromatic N) is 1. The van der Waals surface area contributed by atoms with E-state index in [-0.39, 0.29) is 11.9 Å². The number of aryl methyl sites for hydroxylation is 1. The maximum Gasteiger partial charge on any atom is 0.354 e. The van der Waals surface area contributed by atoms with Gasteiger partial charge in [0, 0.05) is 19.2 Å². The highest BCUT2D eigenvalue weighted by Gasteiger charge is 2.15. The van der Waals surface area contributed by atoms with Gasteiger partial charge in [-0.15, -0.1) is 0 Å². The summed E-state index contributed by atoms with van der Waals surface area (Å²) >= 11 is 0. The molecule has 15 heavy (non-hydrogen) atoms. The van der Waals surface area contributed by atoms with E-state index in [2.05, 4.69) is 9.57 Å². The average molecular weight is 212 g/mol. The van der Waals surface area contributed by atoms with Gasteiger partial charge in [-0.2, -0.15) is 0 Å². The van der Waals surface area contributed by atoms with Gasteiger partial charge in [-0.05, 0) is 11.6 Å². The molecule has 1 aromatic rings. The van der Waals surface area contributed by atoms with Gasteiger partial charge in [0.1, 0.15) is 5.69 Å². The van der Waals surface area contributed by atoms with Gasteiger partial charge in [0.15, 0.2) is 0 Å². The summed E-state index contributed by atoms with van der Waals surface area (Å²) < 4.78 is 6.38. The molecule has 0 bridgehead atoms. The number of methoxy groups -OCH3 is 1. The Bertz CT molecular complexity index is 346. The normalized spacial score (nSPS) is 12.5. The van der Waals surface area contributed by atoms with Crippen LogP contribution in [0.2, 0.25) is 0 Å². The van der Waals surface area contributed by atoms with E-state index in [1.807, 2.05) is 13.1 Å². The zero-order chi connectivity index (χ0) is 11.4. The number of aromatic nitrogens is 1. The second-order valence-corrected chi connectivity index (χ2v) is 3.50. The molecule has 1 aromatic heterocycles. The van der Waals surface area contributed by atoms with Crippen molar-refractivity contribution in [1.82, 2.24) is 4.57 Å². The van der Waals surface area contributed by atoms with Crippen molar-refractivity contribution in [3.8, 4) is 0 Å². The first kappa shape index (κ1) is 11.7. The Morgan fingerprint density at radius 2 is 2.33 bits per heavy atom. The molecule has 1 atom stereocenters. The van der Waals surface area contributed by atoms with E-state index in [9.17, 15) is 4.79 Å². The smallest absolute Gasteiger partial charge is 0.354 e. The summed E-state index contributed by atoms with van der Waals surface area (Å²) in [6.45, 7) is 2.40. The standard InChI is InChI=1S/C10H16N2O3/c1-7(6-15-11)8-4-9(10(13)14-3)12(2)5-8/h4-5,7H,6,11H2,1-3H3. The molecule has 0 amide bonds. The minimum Gasteiger partial charge on any atom is -0.464 e. The maximum atomic E-state index is 11.3. The molecule has 0 aliphatic rings. The Morgan fingerprint density at radius 1 is 1.67 bits per heavy atom. The number of ether oxygens (including phenoxy) is 1. The van der Waals surface area contributed by atoms with E-state index in [0.29, 0.717) is 12.3 Å². The lowest BCUT2D eigenvalue weighted by atomic mass is 10.1. The van der Waals surface area contributed by atoms with Crippen molar-refractivity contribution in [2.75, 3.05) is 13.7 Å². The van der Waals surface area contributed by atoms with Crippen LogP contribution in [0.5, 0.6) is 0 Å². The molecule has 5 heteroatoms. The predicted molar refractivity (Wildman–Crippen MR) is 55.3 cm³/mol. The molecule has 1 unspecified atom stereocenters. The minimum atomic E-state index is -0.343. The van der Waals surface area contributed by atoms with Crippen molar-refractivity contribution in [2.45, 2.75) is 12.8 Å². The summed E-state index contributed by atoms with van der Waals surface area (Å²) in [5, 5.41) is 0. The van der Waals surface area contributed by atoms with Crippen molar-refractivity contribution in [3.63, 3.8) is 0 Å². The van der Waals surface area contributed by atoms with Gasteiger partial charge in [-0.25, -0.2) is 10.7 Å². The Kier molecular flexibility index (Phi) is 3.88. The molecular weight excluding hydrogens is 196 g/mol. The van der Waals surface area contributed by atoms with Crippen LogP contribution in [0.25, 0.3) is 0 Å². The number of rotatable bonds is 4. The topological polar surface area (TPSA) is 66.5 Å². The molecular formula is C10H16N2O3. The van der Waals surface area contributed by atoms with Gasteiger partial charge >= 0.3 is 5.97 Å². The third kappa shape index (κ3) is 2.57. The first-order valence-electron chi connectivity index (χ1n) is 4.66. The molecule has 0 saturated carbocycles. The van der Waals surface area contributed by atoms with Gasteiger partial charge in [0.05, 0.1) is 13.7 Å². The van der Waals surface area contributed by atoms with Gasteiger partial charge in [-0.1, -0.05) is 6.92 Å². The van der Waals surface area contributed by atoms with E-state index in [1.165, 1.54) is 7.11 Å². The third-order valence-electron chi connectivity index (χ3n) is 2.34. The van der Waals surface area contributed by atoms with Crippen molar-refractivity contribution in [1.29, 1.82) is 0 Å². The predicted octanol–water partition coefficient (Wildman–Crippen LogP) is 0.805. The third-order valence-corrected chi connectivity index (χ3v) is 2.34. The Hall–Kier alpha value is -1.33. The lowest BCUT2D eigenvalue weighted by Gasteiger charge is -2.05. The van der Waals surface area contributed by atoms with Crippen LogP contribution < -0.4 is 5.90 Å². The van der Waals surface area contributed by atoms with Crippen molar-refractivity contribution in [3.05, 3.63) is 23.5 Å². The van der Waals surface area contributed by atoms with Crippen LogP contribution in [0, 0.1) is 0 Å². The number of carbonyl (C=O) groups is 1. The number of nitrogens with two attached hydrogens (primary N) is 1. The van der Waals surface area contributed by atoms with E-state index < -0.39 is 0 Å². The summed E-state index contributed by atoms with van der Waals surface area (Å²) in [4.78, 5) is 15.9. The summed E-state index contributed by atoms with van der Waals surface area (Å²) in [7, 11) is 3.16. The molecule has 0 aliphatic carbocycles. The van der Waals surface area contributed by atoms with Crippen LogP contribution in [0.4, 0.5) is 0 Å². The minimum absolute atomic E-state index is 0.152. The second-order valence-electron chi connectivity index (χ2n) is 3.50. The lowest BCUT2D eigenvalue weighted by molar-refractivity contribution is 0.0590. The molecule has 5 nitrogen and oxygen atoms in total. The van der Waals surface area contributed by atoms with Gasteiger partial charge < -0.3 is 14.1 Å². The Morgan fingerprint density at radius 3 is 2.87 bits per heavy atom. The highest BCUT2D eigenvalue weighted by atomic mass is 16.6. The highest BCUT2D eigenvalue weighted by Crippen LogP contribution is 2.18. The van der Waals surface area contributed by atoms with Gasteiger partial charge in [0.25, 0.3) is 0 Å². The SMILES string of the molecule is COC(=O)c1cc(C(C)CON)cn1C. The molecule has 0 spiro atoms. The molecule has 1 rings (SSSR count). The fourth-order valence-electron chi connectivity index (χ4n) is 1.41. The summed E-state index contributed by atoms with van der Waals surface area (Å²) in [5.41, 5.74) is 1.53. The van der Waals surface area contributed by atoms with Crippen LogP contribution >= 0.6 is 0 Å². The highest BCUT2D eigenvalue weighted by molar-refractivity contribution is 5.87. The fraction of sp³-hybridized carbons (Fsp3) is 0.500. The number of carbonyl (C=O) groups excluding carboxylic acids is 1. The van der Waals surface area contributed by atoms with E-state index in [4.69, 9.17) is 5.90 Å². The quantitative estimate of drug-likeness (QED) is 0.592. The monoisotopic (exact) mass is 212 g/mol. The Labute approximate surface area is 88.7 Å². The van der Waals surface area contributed by atoms with Crippen LogP contribution in [-0.4, -0.2) is 24.3 Å². The maximum absolute atomic E-state index is 11.3. The number of hydrogen-bond acceptors (Lipinski definition) is 4. The first-order chi connectivity index (χ1) is 7.10. The van der Waals surface area contributed by atoms with E-state index in [1.54, 1.807) is 17.7 Å². The van der Waals surface area contributed by atoms with Crippen LogP contribution in [0.1, 0.15) is 28.9 Å².